The van der Waals surface area contributed by atoms with Gasteiger partial charge in [-0.1, -0.05) is 18.2 Å². The first kappa shape index (κ1) is 14.3. The van der Waals surface area contributed by atoms with Crippen LogP contribution in [0.3, 0.4) is 0 Å². The summed E-state index contributed by atoms with van der Waals surface area (Å²) in [4.78, 5) is 17.1. The van der Waals surface area contributed by atoms with E-state index in [-0.39, 0.29) is 11.9 Å². The second kappa shape index (κ2) is 5.64. The average Bonchev–Trinajstić information content (AvgIpc) is 2.93. The number of pyridine rings is 1. The highest BCUT2D eigenvalue weighted by Crippen LogP contribution is 2.20. The first-order valence-electron chi connectivity index (χ1n) is 7.28. The summed E-state index contributed by atoms with van der Waals surface area (Å²) in [6.45, 7) is 5.69. The molecule has 1 unspecified atom stereocenters. The van der Waals surface area contributed by atoms with Crippen molar-refractivity contribution in [3.63, 3.8) is 0 Å². The van der Waals surface area contributed by atoms with E-state index in [9.17, 15) is 4.79 Å². The van der Waals surface area contributed by atoms with Gasteiger partial charge in [-0.15, -0.1) is 0 Å². The van der Waals surface area contributed by atoms with Crippen molar-refractivity contribution in [3.05, 3.63) is 65.2 Å². The fraction of sp³-hybridized carbons (Fsp3) is 0.222. The van der Waals surface area contributed by atoms with Crippen molar-refractivity contribution < 1.29 is 9.21 Å². The maximum absolute atomic E-state index is 12.6. The fourth-order valence-electron chi connectivity index (χ4n) is 2.53. The van der Waals surface area contributed by atoms with E-state index < -0.39 is 0 Å². The number of furan rings is 1. The van der Waals surface area contributed by atoms with E-state index in [4.69, 9.17) is 4.42 Å². The van der Waals surface area contributed by atoms with Gasteiger partial charge in [0, 0.05) is 11.1 Å². The number of nitrogens with one attached hydrogen (secondary N) is 1. The molecule has 0 saturated heterocycles. The van der Waals surface area contributed by atoms with E-state index >= 15 is 0 Å². The molecule has 0 aliphatic heterocycles. The van der Waals surface area contributed by atoms with Gasteiger partial charge >= 0.3 is 0 Å². The Labute approximate surface area is 129 Å². The number of benzene rings is 1. The molecule has 0 aliphatic rings. The van der Waals surface area contributed by atoms with Gasteiger partial charge in [0.05, 0.1) is 17.1 Å². The second-order valence-corrected chi connectivity index (χ2v) is 5.47. The topological polar surface area (TPSA) is 55.1 Å². The molecular weight excluding hydrogens is 276 g/mol. The molecule has 4 nitrogen and oxygen atoms in total. The number of rotatable bonds is 3. The molecule has 0 radical (unpaired) electrons. The second-order valence-electron chi connectivity index (χ2n) is 5.47. The van der Waals surface area contributed by atoms with E-state index in [2.05, 4.69) is 10.3 Å². The zero-order chi connectivity index (χ0) is 15.7. The van der Waals surface area contributed by atoms with Crippen molar-refractivity contribution in [3.8, 4) is 0 Å². The molecule has 4 heteroatoms. The molecule has 3 rings (SSSR count). The number of carbonyl (C=O) groups excluding carboxylic acids is 1. The Balaban J connectivity index is 1.92. The molecule has 112 valence electrons. The smallest absolute Gasteiger partial charge is 0.252 e. The van der Waals surface area contributed by atoms with Crippen molar-refractivity contribution in [2.75, 3.05) is 0 Å². The van der Waals surface area contributed by atoms with Crippen LogP contribution < -0.4 is 5.32 Å². The highest BCUT2D eigenvalue weighted by molar-refractivity contribution is 6.06. The van der Waals surface area contributed by atoms with Crippen molar-refractivity contribution in [1.82, 2.24) is 10.3 Å². The lowest BCUT2D eigenvalue weighted by Crippen LogP contribution is -2.26. The molecule has 0 fully saturated rings. The Bertz CT molecular complexity index is 836. The third-order valence-electron chi connectivity index (χ3n) is 3.62. The van der Waals surface area contributed by atoms with Gasteiger partial charge in [-0.3, -0.25) is 9.78 Å². The molecule has 1 aromatic carbocycles. The summed E-state index contributed by atoms with van der Waals surface area (Å²) in [5, 5.41) is 3.84. The van der Waals surface area contributed by atoms with E-state index in [1.807, 2.05) is 63.2 Å². The number of para-hydroxylation sites is 1. The lowest BCUT2D eigenvalue weighted by Gasteiger charge is -2.13. The number of nitrogens with zero attached hydrogens (tertiary/aromatic N) is 1. The zero-order valence-electron chi connectivity index (χ0n) is 12.9. The molecule has 0 saturated carbocycles. The molecule has 1 N–H and O–H groups in total. The van der Waals surface area contributed by atoms with Crippen LogP contribution in [0.15, 0.2) is 46.9 Å². The number of aryl methyl sites for hydroxylation is 2. The van der Waals surface area contributed by atoms with Gasteiger partial charge in [-0.05, 0) is 45.0 Å². The largest absolute Gasteiger partial charge is 0.464 e. The van der Waals surface area contributed by atoms with Crippen LogP contribution in [0.1, 0.15) is 40.5 Å². The molecular formula is C18H18N2O2. The van der Waals surface area contributed by atoms with E-state index in [1.165, 1.54) is 0 Å². The van der Waals surface area contributed by atoms with Gasteiger partial charge in [-0.25, -0.2) is 0 Å². The minimum absolute atomic E-state index is 0.122. The summed E-state index contributed by atoms with van der Waals surface area (Å²) in [6, 6.07) is 13.1. The van der Waals surface area contributed by atoms with Crippen LogP contribution >= 0.6 is 0 Å². The molecule has 1 amide bonds. The van der Waals surface area contributed by atoms with Crippen LogP contribution in [-0.2, 0) is 0 Å². The summed E-state index contributed by atoms with van der Waals surface area (Å²) in [5.74, 6) is 1.46. The minimum Gasteiger partial charge on any atom is -0.464 e. The average molecular weight is 294 g/mol. The molecule has 2 heterocycles. The molecule has 0 bridgehead atoms. The van der Waals surface area contributed by atoms with Crippen LogP contribution in [0.5, 0.6) is 0 Å². The van der Waals surface area contributed by atoms with Crippen molar-refractivity contribution >= 4 is 16.8 Å². The maximum Gasteiger partial charge on any atom is 0.252 e. The van der Waals surface area contributed by atoms with Gasteiger partial charge in [0.25, 0.3) is 5.91 Å². The summed E-state index contributed by atoms with van der Waals surface area (Å²) in [6.07, 6.45) is 0. The maximum atomic E-state index is 12.6. The quantitative estimate of drug-likeness (QED) is 0.796. The third-order valence-corrected chi connectivity index (χ3v) is 3.62. The Hall–Kier alpha value is -2.62. The lowest BCUT2D eigenvalue weighted by molar-refractivity contribution is 0.0936. The fourth-order valence-corrected chi connectivity index (χ4v) is 2.53. The SMILES string of the molecule is Cc1cc(C(=O)NC(C)c2ccc(C)o2)c2ccccc2n1. The van der Waals surface area contributed by atoms with Crippen LogP contribution in [0.4, 0.5) is 0 Å². The van der Waals surface area contributed by atoms with Gasteiger partial charge in [-0.2, -0.15) is 0 Å². The molecule has 22 heavy (non-hydrogen) atoms. The Morgan fingerprint density at radius 1 is 1.18 bits per heavy atom. The van der Waals surface area contributed by atoms with Crippen LogP contribution in [0, 0.1) is 13.8 Å². The minimum atomic E-state index is -0.187. The summed E-state index contributed by atoms with van der Waals surface area (Å²) < 4.78 is 5.57. The number of carbonyl (C=O) groups is 1. The summed E-state index contributed by atoms with van der Waals surface area (Å²) in [7, 11) is 0. The lowest BCUT2D eigenvalue weighted by atomic mass is 10.1. The van der Waals surface area contributed by atoms with Gasteiger partial charge in [0.15, 0.2) is 0 Å². The normalized spacial score (nSPS) is 12.3. The first-order valence-corrected chi connectivity index (χ1v) is 7.28. The van der Waals surface area contributed by atoms with Crippen molar-refractivity contribution in [1.29, 1.82) is 0 Å². The van der Waals surface area contributed by atoms with Crippen molar-refractivity contribution in [2.24, 2.45) is 0 Å². The molecule has 0 spiro atoms. The Morgan fingerprint density at radius 2 is 1.95 bits per heavy atom. The molecule has 2 aromatic heterocycles. The van der Waals surface area contributed by atoms with E-state index in [0.717, 1.165) is 28.1 Å². The van der Waals surface area contributed by atoms with E-state index in [0.29, 0.717) is 5.56 Å². The third kappa shape index (κ3) is 2.72. The van der Waals surface area contributed by atoms with Crippen LogP contribution in [-0.4, -0.2) is 10.9 Å². The van der Waals surface area contributed by atoms with E-state index in [1.54, 1.807) is 0 Å². The zero-order valence-corrected chi connectivity index (χ0v) is 12.9. The van der Waals surface area contributed by atoms with Crippen molar-refractivity contribution in [2.45, 2.75) is 26.8 Å². The number of fused-ring (bicyclic) bond motifs is 1. The van der Waals surface area contributed by atoms with Gasteiger partial charge < -0.3 is 9.73 Å². The highest BCUT2D eigenvalue weighted by Gasteiger charge is 2.16. The number of hydrogen-bond acceptors (Lipinski definition) is 3. The number of aromatic nitrogens is 1. The molecule has 1 atom stereocenters. The first-order chi connectivity index (χ1) is 10.5. The predicted octanol–water partition coefficient (Wildman–Crippen LogP) is 3.94. The Kier molecular flexibility index (Phi) is 3.67. The Morgan fingerprint density at radius 3 is 2.68 bits per heavy atom. The number of amides is 1. The van der Waals surface area contributed by atoms with Gasteiger partial charge in [0.2, 0.25) is 0 Å². The monoisotopic (exact) mass is 294 g/mol. The molecule has 3 aromatic rings. The van der Waals surface area contributed by atoms with Gasteiger partial charge in [0.1, 0.15) is 11.5 Å². The van der Waals surface area contributed by atoms with Crippen LogP contribution in [0.25, 0.3) is 10.9 Å². The number of hydrogen-bond donors (Lipinski definition) is 1. The summed E-state index contributed by atoms with van der Waals surface area (Å²) >= 11 is 0. The highest BCUT2D eigenvalue weighted by atomic mass is 16.3. The predicted molar refractivity (Wildman–Crippen MR) is 85.8 cm³/mol. The summed E-state index contributed by atoms with van der Waals surface area (Å²) in [5.41, 5.74) is 2.29. The molecule has 0 aliphatic carbocycles. The van der Waals surface area contributed by atoms with Crippen LogP contribution in [0.2, 0.25) is 0 Å². The standard InChI is InChI=1S/C18H18N2O2/c1-11-10-15(14-6-4-5-7-16(14)19-11)18(21)20-13(3)17-9-8-12(2)22-17/h4-10,13H,1-3H3,(H,20,21).